The molecule has 1 saturated carbocycles. The fraction of sp³-hybridized carbons (Fsp3) is 0.667. The zero-order valence-corrected chi connectivity index (χ0v) is 7.67. The smallest absolute Gasteiger partial charge is 0.313 e. The largest absolute Gasteiger partial charge is 0.325 e. The van der Waals surface area contributed by atoms with Gasteiger partial charge in [-0.2, -0.15) is 0 Å². The van der Waals surface area contributed by atoms with Crippen molar-refractivity contribution >= 4 is 0 Å². The van der Waals surface area contributed by atoms with Crippen LogP contribution in [0, 0.1) is 5.92 Å². The van der Waals surface area contributed by atoms with Crippen LogP contribution in [0.25, 0.3) is 0 Å². The average molecular weight is 202 g/mol. The molecule has 1 N–H and O–H groups in total. The maximum absolute atomic E-state index is 13.2. The summed E-state index contributed by atoms with van der Waals surface area (Å²) in [6.45, 7) is 0.120. The van der Waals surface area contributed by atoms with Gasteiger partial charge in [0.2, 0.25) is 0 Å². The van der Waals surface area contributed by atoms with Crippen LogP contribution in [0.5, 0.6) is 0 Å². The molecule has 1 aliphatic carbocycles. The topological polar surface area (TPSA) is 37.8 Å². The molecule has 1 atom stereocenters. The molecule has 0 radical (unpaired) electrons. The Bertz CT molecular complexity index is 369. The number of alkyl halides is 2. The first-order valence-corrected chi connectivity index (χ1v) is 4.71. The third kappa shape index (κ3) is 1.58. The molecular weight excluding hydrogens is 190 g/mol. The summed E-state index contributed by atoms with van der Waals surface area (Å²) >= 11 is 0. The van der Waals surface area contributed by atoms with Crippen LogP contribution >= 0.6 is 0 Å². The predicted octanol–water partition coefficient (Wildman–Crippen LogP) is 1.61. The van der Waals surface area contributed by atoms with Crippen molar-refractivity contribution < 1.29 is 8.78 Å². The average Bonchev–Trinajstić information content (AvgIpc) is 2.62. The molecule has 14 heavy (non-hydrogen) atoms. The minimum Gasteiger partial charge on any atom is -0.313 e. The summed E-state index contributed by atoms with van der Waals surface area (Å²) in [6, 6.07) is 0. The monoisotopic (exact) mass is 202 g/mol. The normalized spacial score (nSPS) is 25.4. The molecule has 0 aliphatic heterocycles. The highest BCUT2D eigenvalue weighted by Gasteiger charge is 2.43. The van der Waals surface area contributed by atoms with E-state index in [4.69, 9.17) is 0 Å². The molecule has 1 aromatic heterocycles. The van der Waals surface area contributed by atoms with Gasteiger partial charge in [0.25, 0.3) is 5.92 Å². The number of hydrogen-bond donors (Lipinski definition) is 1. The molecule has 0 aromatic carbocycles. The fourth-order valence-corrected chi connectivity index (χ4v) is 1.95. The second kappa shape index (κ2) is 3.22. The van der Waals surface area contributed by atoms with Crippen molar-refractivity contribution in [2.24, 2.45) is 5.92 Å². The molecular formula is C9H12F2N2O. The lowest BCUT2D eigenvalue weighted by Crippen LogP contribution is -2.29. The highest BCUT2D eigenvalue weighted by molar-refractivity contribution is 4.86. The third-order valence-corrected chi connectivity index (χ3v) is 2.80. The van der Waals surface area contributed by atoms with E-state index in [1.54, 1.807) is 0 Å². The van der Waals surface area contributed by atoms with E-state index in [1.807, 2.05) is 0 Å². The highest BCUT2D eigenvalue weighted by atomic mass is 19.3. The summed E-state index contributed by atoms with van der Waals surface area (Å²) in [4.78, 5) is 13.5. The first-order chi connectivity index (χ1) is 6.59. The van der Waals surface area contributed by atoms with E-state index in [0.717, 1.165) is 0 Å². The minimum atomic E-state index is -2.60. The lowest BCUT2D eigenvalue weighted by molar-refractivity contribution is -0.0424. The number of nitrogens with zero attached hydrogens (tertiary/aromatic N) is 1. The van der Waals surface area contributed by atoms with Crippen LogP contribution in [0.2, 0.25) is 0 Å². The molecule has 1 heterocycles. The third-order valence-electron chi connectivity index (χ3n) is 2.80. The quantitative estimate of drug-likeness (QED) is 0.777. The molecule has 5 heteroatoms. The van der Waals surface area contributed by atoms with Gasteiger partial charge in [-0.3, -0.25) is 4.57 Å². The number of halogens is 2. The van der Waals surface area contributed by atoms with Gasteiger partial charge in [0.15, 0.2) is 0 Å². The minimum absolute atomic E-state index is 0.0448. The molecule has 3 nitrogen and oxygen atoms in total. The first-order valence-electron chi connectivity index (χ1n) is 4.71. The maximum Gasteiger partial charge on any atom is 0.325 e. The van der Waals surface area contributed by atoms with E-state index in [2.05, 4.69) is 4.98 Å². The second-order valence-corrected chi connectivity index (χ2v) is 3.77. The number of imidazole rings is 1. The molecule has 1 fully saturated rings. The Labute approximate surface area is 79.7 Å². The first kappa shape index (κ1) is 9.43. The Balaban J connectivity index is 2.12. The zero-order valence-electron chi connectivity index (χ0n) is 7.67. The van der Waals surface area contributed by atoms with Gasteiger partial charge in [-0.1, -0.05) is 0 Å². The van der Waals surface area contributed by atoms with Crippen molar-refractivity contribution in [3.05, 3.63) is 22.9 Å². The van der Waals surface area contributed by atoms with Gasteiger partial charge in [0.05, 0.1) is 0 Å². The van der Waals surface area contributed by atoms with E-state index in [1.165, 1.54) is 17.0 Å². The van der Waals surface area contributed by atoms with Crippen molar-refractivity contribution in [3.8, 4) is 0 Å². The Hall–Kier alpha value is -1.13. The summed E-state index contributed by atoms with van der Waals surface area (Å²) < 4.78 is 27.7. The molecule has 1 aromatic rings. The molecule has 78 valence electrons. The molecule has 1 unspecified atom stereocenters. The molecule has 1 aliphatic rings. The number of nitrogens with one attached hydrogen (secondary N) is 1. The lowest BCUT2D eigenvalue weighted by Gasteiger charge is -2.18. The fourth-order valence-electron chi connectivity index (χ4n) is 1.95. The van der Waals surface area contributed by atoms with Crippen molar-refractivity contribution in [3.63, 3.8) is 0 Å². The van der Waals surface area contributed by atoms with Crippen LogP contribution in [-0.2, 0) is 6.54 Å². The van der Waals surface area contributed by atoms with Crippen LogP contribution in [0.15, 0.2) is 17.2 Å². The van der Waals surface area contributed by atoms with E-state index < -0.39 is 11.8 Å². The Kier molecular flexibility index (Phi) is 2.17. The maximum atomic E-state index is 13.2. The van der Waals surface area contributed by atoms with E-state index >= 15 is 0 Å². The Morgan fingerprint density at radius 3 is 2.93 bits per heavy atom. The SMILES string of the molecule is O=c1[nH]ccn1CC1CCCC1(F)F. The summed E-state index contributed by atoms with van der Waals surface area (Å²) in [5, 5.41) is 0. The molecule has 0 saturated heterocycles. The van der Waals surface area contributed by atoms with Crippen LogP contribution in [0.1, 0.15) is 19.3 Å². The van der Waals surface area contributed by atoms with Crippen LogP contribution in [0.3, 0.4) is 0 Å². The standard InChI is InChI=1S/C9H12F2N2O/c10-9(11)3-1-2-7(9)6-13-5-4-12-8(13)14/h4-5,7H,1-3,6H2,(H,12,14). The van der Waals surface area contributed by atoms with E-state index in [0.29, 0.717) is 12.8 Å². The summed E-state index contributed by atoms with van der Waals surface area (Å²) in [6.07, 6.45) is 3.99. The van der Waals surface area contributed by atoms with Crippen LogP contribution < -0.4 is 5.69 Å². The highest BCUT2D eigenvalue weighted by Crippen LogP contribution is 2.40. The van der Waals surface area contributed by atoms with Gasteiger partial charge in [0.1, 0.15) is 0 Å². The predicted molar refractivity (Wildman–Crippen MR) is 47.3 cm³/mol. The van der Waals surface area contributed by atoms with Crippen LogP contribution in [0.4, 0.5) is 8.78 Å². The van der Waals surface area contributed by atoms with E-state index in [9.17, 15) is 13.6 Å². The number of hydrogen-bond acceptors (Lipinski definition) is 1. The van der Waals surface area contributed by atoms with Crippen molar-refractivity contribution in [2.75, 3.05) is 0 Å². The van der Waals surface area contributed by atoms with Crippen molar-refractivity contribution in [1.82, 2.24) is 9.55 Å². The summed E-state index contributed by atoms with van der Waals surface area (Å²) in [5.74, 6) is -3.28. The summed E-state index contributed by atoms with van der Waals surface area (Å²) in [5.41, 5.74) is -0.312. The Morgan fingerprint density at radius 2 is 2.43 bits per heavy atom. The van der Waals surface area contributed by atoms with Gasteiger partial charge in [-0.25, -0.2) is 13.6 Å². The van der Waals surface area contributed by atoms with E-state index in [-0.39, 0.29) is 18.7 Å². The zero-order chi connectivity index (χ0) is 10.2. The number of aromatic nitrogens is 2. The lowest BCUT2D eigenvalue weighted by atomic mass is 10.1. The van der Waals surface area contributed by atoms with Crippen molar-refractivity contribution in [1.29, 1.82) is 0 Å². The summed E-state index contributed by atoms with van der Waals surface area (Å²) in [7, 11) is 0. The molecule has 0 amide bonds. The van der Waals surface area contributed by atoms with Gasteiger partial charge >= 0.3 is 5.69 Å². The van der Waals surface area contributed by atoms with Crippen molar-refractivity contribution in [2.45, 2.75) is 31.7 Å². The van der Waals surface area contributed by atoms with Crippen LogP contribution in [-0.4, -0.2) is 15.5 Å². The molecule has 0 spiro atoms. The van der Waals surface area contributed by atoms with Gasteiger partial charge in [-0.15, -0.1) is 0 Å². The van der Waals surface area contributed by atoms with Gasteiger partial charge in [0, 0.05) is 31.3 Å². The second-order valence-electron chi connectivity index (χ2n) is 3.77. The Morgan fingerprint density at radius 1 is 1.64 bits per heavy atom. The molecule has 0 bridgehead atoms. The van der Waals surface area contributed by atoms with Gasteiger partial charge in [-0.05, 0) is 12.8 Å². The molecule has 2 rings (SSSR count). The number of aromatic amines is 1. The number of rotatable bonds is 2. The number of H-pyrrole nitrogens is 1. The van der Waals surface area contributed by atoms with Gasteiger partial charge < -0.3 is 4.98 Å².